The highest BCUT2D eigenvalue weighted by Gasteiger charge is 2.28. The van der Waals surface area contributed by atoms with Crippen molar-refractivity contribution in [1.29, 1.82) is 0 Å². The predicted molar refractivity (Wildman–Crippen MR) is 98.9 cm³/mol. The summed E-state index contributed by atoms with van der Waals surface area (Å²) < 4.78 is 27.9. The number of hydrogen-bond acceptors (Lipinski definition) is 5. The predicted octanol–water partition coefficient (Wildman–Crippen LogP) is 2.62. The third kappa shape index (κ3) is 3.03. The molecule has 2 aromatic heterocycles. The number of sulfone groups is 1. The van der Waals surface area contributed by atoms with E-state index in [4.69, 9.17) is 5.73 Å². The largest absolute Gasteiger partial charge is 0.326 e. The molecule has 2 N–H and O–H groups in total. The van der Waals surface area contributed by atoms with E-state index in [2.05, 4.69) is 10.1 Å². The summed E-state index contributed by atoms with van der Waals surface area (Å²) in [6, 6.07) is 8.38. The Morgan fingerprint density at radius 1 is 1.16 bits per heavy atom. The third-order valence-corrected chi connectivity index (χ3v) is 6.06. The molecule has 134 valence electrons. The van der Waals surface area contributed by atoms with Gasteiger partial charge in [0.15, 0.2) is 5.65 Å². The van der Waals surface area contributed by atoms with Crippen molar-refractivity contribution < 1.29 is 8.42 Å². The van der Waals surface area contributed by atoms with Crippen molar-refractivity contribution in [3.63, 3.8) is 0 Å². The fraction of sp³-hybridized carbons (Fsp3) is 0.294. The van der Waals surface area contributed by atoms with Crippen molar-refractivity contribution >= 4 is 27.9 Å². The average Bonchev–Trinajstić information content (AvgIpc) is 2.95. The van der Waals surface area contributed by atoms with Crippen LogP contribution in [-0.4, -0.2) is 23.0 Å². The van der Waals surface area contributed by atoms with Crippen LogP contribution >= 0.6 is 12.4 Å². The second-order valence-electron chi connectivity index (χ2n) is 5.65. The van der Waals surface area contributed by atoms with E-state index in [1.165, 1.54) is 0 Å². The SMILES string of the molecule is CCc1nn2c(C)c(CN)c(C)nc2c1S(=O)(=O)c1ccccc1.Cl. The summed E-state index contributed by atoms with van der Waals surface area (Å²) in [4.78, 5) is 4.94. The summed E-state index contributed by atoms with van der Waals surface area (Å²) in [7, 11) is -3.70. The zero-order valence-corrected chi connectivity index (χ0v) is 16.0. The monoisotopic (exact) mass is 380 g/mol. The minimum atomic E-state index is -3.70. The maximum absolute atomic E-state index is 13.1. The molecule has 8 heteroatoms. The van der Waals surface area contributed by atoms with Crippen LogP contribution in [0.15, 0.2) is 40.1 Å². The molecule has 6 nitrogen and oxygen atoms in total. The maximum Gasteiger partial charge on any atom is 0.212 e. The zero-order valence-electron chi connectivity index (χ0n) is 14.4. The lowest BCUT2D eigenvalue weighted by molar-refractivity contribution is 0.595. The van der Waals surface area contributed by atoms with Gasteiger partial charge in [0.25, 0.3) is 0 Å². The molecule has 0 fully saturated rings. The van der Waals surface area contributed by atoms with Crippen LogP contribution in [0.25, 0.3) is 5.65 Å². The summed E-state index contributed by atoms with van der Waals surface area (Å²) in [5.74, 6) is 0. The molecule has 0 aliphatic heterocycles. The first-order valence-electron chi connectivity index (χ1n) is 7.79. The Morgan fingerprint density at radius 2 is 1.80 bits per heavy atom. The highest BCUT2D eigenvalue weighted by molar-refractivity contribution is 7.91. The minimum Gasteiger partial charge on any atom is -0.326 e. The van der Waals surface area contributed by atoms with E-state index in [0.717, 1.165) is 17.0 Å². The highest BCUT2D eigenvalue weighted by atomic mass is 35.5. The number of aryl methyl sites for hydroxylation is 3. The standard InChI is InChI=1S/C17H20N4O2S.ClH/c1-4-15-16(24(22,23)13-8-6-5-7-9-13)17-19-11(2)14(10-18)12(3)21(17)20-15;/h5-9H,4,10,18H2,1-3H3;1H. The van der Waals surface area contributed by atoms with Gasteiger partial charge in [0, 0.05) is 23.5 Å². The van der Waals surface area contributed by atoms with Gasteiger partial charge >= 0.3 is 0 Å². The maximum atomic E-state index is 13.1. The van der Waals surface area contributed by atoms with Gasteiger partial charge in [-0.25, -0.2) is 17.9 Å². The topological polar surface area (TPSA) is 90.3 Å². The lowest BCUT2D eigenvalue weighted by Crippen LogP contribution is -2.10. The summed E-state index contributed by atoms with van der Waals surface area (Å²) in [5.41, 5.74) is 9.12. The number of halogens is 1. The van der Waals surface area contributed by atoms with E-state index in [-0.39, 0.29) is 22.2 Å². The second kappa shape index (κ2) is 7.11. The molecule has 25 heavy (non-hydrogen) atoms. The number of benzene rings is 1. The highest BCUT2D eigenvalue weighted by Crippen LogP contribution is 2.29. The van der Waals surface area contributed by atoms with Crippen molar-refractivity contribution in [2.75, 3.05) is 0 Å². The Kier molecular flexibility index (Phi) is 5.51. The Balaban J connectivity index is 0.00000225. The van der Waals surface area contributed by atoms with Crippen molar-refractivity contribution in [3.05, 3.63) is 53.0 Å². The lowest BCUT2D eigenvalue weighted by atomic mass is 10.2. The van der Waals surface area contributed by atoms with Gasteiger partial charge in [0.2, 0.25) is 9.84 Å². The van der Waals surface area contributed by atoms with Gasteiger partial charge in [-0.1, -0.05) is 25.1 Å². The molecule has 0 bridgehead atoms. The van der Waals surface area contributed by atoms with Gasteiger partial charge in [-0.05, 0) is 32.4 Å². The summed E-state index contributed by atoms with van der Waals surface area (Å²) in [6.07, 6.45) is 0.501. The van der Waals surface area contributed by atoms with Gasteiger partial charge in [-0.15, -0.1) is 12.4 Å². The van der Waals surface area contributed by atoms with Crippen molar-refractivity contribution in [1.82, 2.24) is 14.6 Å². The van der Waals surface area contributed by atoms with Crippen molar-refractivity contribution in [2.45, 2.75) is 43.5 Å². The number of aromatic nitrogens is 3. The Hall–Kier alpha value is -1.96. The van der Waals surface area contributed by atoms with Gasteiger partial charge in [0.05, 0.1) is 10.6 Å². The Labute approximate surface area is 153 Å². The Morgan fingerprint density at radius 3 is 2.36 bits per heavy atom. The molecule has 3 aromatic rings. The summed E-state index contributed by atoms with van der Waals surface area (Å²) >= 11 is 0. The van der Waals surface area contributed by atoms with E-state index in [1.54, 1.807) is 34.8 Å². The summed E-state index contributed by atoms with van der Waals surface area (Å²) in [5, 5.41) is 4.49. The molecule has 0 aliphatic rings. The van der Waals surface area contributed by atoms with E-state index in [1.807, 2.05) is 20.8 Å². The van der Waals surface area contributed by atoms with E-state index in [0.29, 0.717) is 24.3 Å². The van der Waals surface area contributed by atoms with Gasteiger partial charge < -0.3 is 5.73 Å². The first kappa shape index (κ1) is 19.4. The third-order valence-electron chi connectivity index (χ3n) is 4.21. The number of fused-ring (bicyclic) bond motifs is 1. The molecule has 0 spiro atoms. The van der Waals surface area contributed by atoms with Crippen molar-refractivity contribution in [3.8, 4) is 0 Å². The first-order chi connectivity index (χ1) is 11.4. The molecule has 1 aromatic carbocycles. The van der Waals surface area contributed by atoms with E-state index >= 15 is 0 Å². The molecular formula is C17H21ClN4O2S. The molecule has 0 saturated carbocycles. The number of rotatable bonds is 4. The molecule has 0 saturated heterocycles. The molecule has 0 atom stereocenters. The normalized spacial score (nSPS) is 11.5. The van der Waals surface area contributed by atoms with E-state index in [9.17, 15) is 8.42 Å². The molecule has 3 rings (SSSR count). The second-order valence-corrected chi connectivity index (χ2v) is 7.53. The van der Waals surface area contributed by atoms with Crippen LogP contribution in [0.2, 0.25) is 0 Å². The number of nitrogens with zero attached hydrogens (tertiary/aromatic N) is 3. The molecule has 2 heterocycles. The van der Waals surface area contributed by atoms with Gasteiger partial charge in [0.1, 0.15) is 4.90 Å². The van der Waals surface area contributed by atoms with Crippen LogP contribution < -0.4 is 5.73 Å². The number of hydrogen-bond donors (Lipinski definition) is 1. The zero-order chi connectivity index (χ0) is 17.5. The van der Waals surface area contributed by atoms with Crippen LogP contribution in [0.4, 0.5) is 0 Å². The average molecular weight is 381 g/mol. The molecule has 0 radical (unpaired) electrons. The summed E-state index contributed by atoms with van der Waals surface area (Å²) in [6.45, 7) is 5.95. The van der Waals surface area contributed by atoms with Crippen LogP contribution in [0.5, 0.6) is 0 Å². The first-order valence-corrected chi connectivity index (χ1v) is 9.28. The number of nitrogens with two attached hydrogens (primary N) is 1. The molecular weight excluding hydrogens is 360 g/mol. The van der Waals surface area contributed by atoms with Gasteiger partial charge in [-0.3, -0.25) is 0 Å². The van der Waals surface area contributed by atoms with Crippen LogP contribution in [0, 0.1) is 13.8 Å². The van der Waals surface area contributed by atoms with Crippen LogP contribution in [0.1, 0.15) is 29.6 Å². The van der Waals surface area contributed by atoms with E-state index < -0.39 is 9.84 Å². The quantitative estimate of drug-likeness (QED) is 0.751. The van der Waals surface area contributed by atoms with Gasteiger partial charge in [-0.2, -0.15) is 5.10 Å². The minimum absolute atomic E-state index is 0. The molecule has 0 amide bonds. The molecule has 0 aliphatic carbocycles. The fourth-order valence-corrected chi connectivity index (χ4v) is 4.53. The van der Waals surface area contributed by atoms with Crippen molar-refractivity contribution in [2.24, 2.45) is 5.73 Å². The van der Waals surface area contributed by atoms with Crippen LogP contribution in [-0.2, 0) is 22.8 Å². The molecule has 0 unspecified atom stereocenters. The Bertz CT molecular complexity index is 1010. The smallest absolute Gasteiger partial charge is 0.212 e. The van der Waals surface area contributed by atoms with Crippen LogP contribution in [0.3, 0.4) is 0 Å². The lowest BCUT2D eigenvalue weighted by Gasteiger charge is -2.09. The fourth-order valence-electron chi connectivity index (χ4n) is 2.91.